The van der Waals surface area contributed by atoms with Crippen LogP contribution in [0.4, 0.5) is 11.4 Å². The molecule has 1 aromatic carbocycles. The van der Waals surface area contributed by atoms with Gasteiger partial charge in [-0.15, -0.1) is 0 Å². The van der Waals surface area contributed by atoms with Crippen LogP contribution in [0.25, 0.3) is 0 Å². The number of nitrogens with zero attached hydrogens (tertiary/aromatic N) is 2. The van der Waals surface area contributed by atoms with Gasteiger partial charge >= 0.3 is 0 Å². The predicted molar refractivity (Wildman–Crippen MR) is 75.8 cm³/mol. The van der Waals surface area contributed by atoms with Crippen LogP contribution in [0.15, 0.2) is 60.5 Å². The molecule has 0 atom stereocenters. The van der Waals surface area contributed by atoms with Crippen LogP contribution in [0.5, 0.6) is 0 Å². The van der Waals surface area contributed by atoms with E-state index in [0.717, 1.165) is 0 Å². The van der Waals surface area contributed by atoms with Gasteiger partial charge in [-0.1, -0.05) is 30.9 Å². The minimum absolute atomic E-state index is 0.152. The van der Waals surface area contributed by atoms with Crippen LogP contribution >= 0.6 is 0 Å². The molecule has 0 unspecified atom stereocenters. The number of allylic oxidation sites excluding steroid dienone is 4. The van der Waals surface area contributed by atoms with Gasteiger partial charge in [-0.2, -0.15) is 0 Å². The van der Waals surface area contributed by atoms with Gasteiger partial charge in [-0.25, -0.2) is 0 Å². The average Bonchev–Trinajstić information content (AvgIpc) is 2.42. The maximum Gasteiger partial charge on any atom is 0.292 e. The number of nitro groups is 2. The van der Waals surface area contributed by atoms with E-state index in [9.17, 15) is 20.2 Å². The van der Waals surface area contributed by atoms with Crippen LogP contribution in [0.2, 0.25) is 0 Å². The summed E-state index contributed by atoms with van der Waals surface area (Å²) in [5.74, 6) is 0. The van der Waals surface area contributed by atoms with Crippen molar-refractivity contribution in [2.75, 3.05) is 5.32 Å². The van der Waals surface area contributed by atoms with Gasteiger partial charge in [0.25, 0.3) is 11.4 Å². The molecule has 7 heteroatoms. The first kappa shape index (κ1) is 15.1. The van der Waals surface area contributed by atoms with Crippen molar-refractivity contribution in [2.45, 2.75) is 6.92 Å². The summed E-state index contributed by atoms with van der Waals surface area (Å²) in [4.78, 5) is 20.6. The predicted octanol–water partition coefficient (Wildman–Crippen LogP) is 3.26. The lowest BCUT2D eigenvalue weighted by Crippen LogP contribution is -2.07. The molecule has 0 aliphatic rings. The standard InChI is InChI=1S/C13H13N3O4/c1-3-4-7-11(10(2)15(17)18)14-12-8-5-6-9-13(12)16(19)20/h3-9,14H,1H2,2H3/b7-4-,11-10-. The summed E-state index contributed by atoms with van der Waals surface area (Å²) in [6.07, 6.45) is 4.39. The van der Waals surface area contributed by atoms with Gasteiger partial charge < -0.3 is 5.32 Å². The highest BCUT2D eigenvalue weighted by Gasteiger charge is 2.16. The molecule has 0 spiro atoms. The highest BCUT2D eigenvalue weighted by Crippen LogP contribution is 2.25. The number of rotatable bonds is 6. The summed E-state index contributed by atoms with van der Waals surface area (Å²) in [7, 11) is 0. The third kappa shape index (κ3) is 3.77. The first-order valence-corrected chi connectivity index (χ1v) is 5.62. The first-order valence-electron chi connectivity index (χ1n) is 5.62. The maximum atomic E-state index is 10.9. The molecule has 104 valence electrons. The quantitative estimate of drug-likeness (QED) is 0.488. The van der Waals surface area contributed by atoms with Crippen molar-refractivity contribution >= 4 is 11.4 Å². The van der Waals surface area contributed by atoms with Gasteiger partial charge in [-0.05, 0) is 12.1 Å². The van der Waals surface area contributed by atoms with Gasteiger partial charge in [-0.3, -0.25) is 20.2 Å². The van der Waals surface area contributed by atoms with Crippen LogP contribution in [-0.4, -0.2) is 9.85 Å². The van der Waals surface area contributed by atoms with Gasteiger partial charge in [0.05, 0.1) is 9.85 Å². The third-order valence-electron chi connectivity index (χ3n) is 2.43. The average molecular weight is 275 g/mol. The van der Waals surface area contributed by atoms with Gasteiger partial charge in [0.15, 0.2) is 0 Å². The fourth-order valence-corrected chi connectivity index (χ4v) is 1.40. The summed E-state index contributed by atoms with van der Waals surface area (Å²) >= 11 is 0. The minimum Gasteiger partial charge on any atom is -0.345 e. The van der Waals surface area contributed by atoms with Crippen LogP contribution in [0.1, 0.15) is 6.92 Å². The monoisotopic (exact) mass is 275 g/mol. The van der Waals surface area contributed by atoms with Crippen molar-refractivity contribution in [3.63, 3.8) is 0 Å². The summed E-state index contributed by atoms with van der Waals surface area (Å²) in [6.45, 7) is 4.78. The van der Waals surface area contributed by atoms with E-state index in [1.807, 2.05) is 0 Å². The van der Waals surface area contributed by atoms with Gasteiger partial charge in [0.2, 0.25) is 0 Å². The number of hydrogen-bond donors (Lipinski definition) is 1. The van der Waals surface area contributed by atoms with E-state index in [-0.39, 0.29) is 22.8 Å². The third-order valence-corrected chi connectivity index (χ3v) is 2.43. The molecule has 20 heavy (non-hydrogen) atoms. The molecular weight excluding hydrogens is 262 g/mol. The molecule has 0 heterocycles. The Morgan fingerprint density at radius 3 is 2.50 bits per heavy atom. The molecule has 0 amide bonds. The Bertz CT molecular complexity index is 605. The highest BCUT2D eigenvalue weighted by atomic mass is 16.6. The maximum absolute atomic E-state index is 10.9. The van der Waals surface area contributed by atoms with Crippen molar-refractivity contribution in [3.05, 3.63) is 80.7 Å². The lowest BCUT2D eigenvalue weighted by molar-refractivity contribution is -0.425. The molecule has 0 saturated heterocycles. The Morgan fingerprint density at radius 1 is 1.30 bits per heavy atom. The number of nitro benzene ring substituents is 1. The molecule has 0 fully saturated rings. The van der Waals surface area contributed by atoms with Gasteiger partial charge in [0, 0.05) is 13.0 Å². The fraction of sp³-hybridized carbons (Fsp3) is 0.0769. The van der Waals surface area contributed by atoms with Crippen molar-refractivity contribution in [1.82, 2.24) is 0 Å². The molecule has 0 aliphatic heterocycles. The van der Waals surface area contributed by atoms with Crippen molar-refractivity contribution < 1.29 is 9.85 Å². The number of benzene rings is 1. The van der Waals surface area contributed by atoms with Crippen LogP contribution < -0.4 is 5.32 Å². The minimum atomic E-state index is -0.565. The van der Waals surface area contributed by atoms with Crippen LogP contribution in [0.3, 0.4) is 0 Å². The number of hydrogen-bond acceptors (Lipinski definition) is 5. The van der Waals surface area contributed by atoms with E-state index in [0.29, 0.717) is 0 Å². The molecule has 0 saturated carbocycles. The zero-order valence-electron chi connectivity index (χ0n) is 10.8. The van der Waals surface area contributed by atoms with Crippen molar-refractivity contribution in [3.8, 4) is 0 Å². The number of anilines is 1. The molecule has 7 nitrogen and oxygen atoms in total. The largest absolute Gasteiger partial charge is 0.345 e. The zero-order chi connectivity index (χ0) is 15.1. The summed E-state index contributed by atoms with van der Waals surface area (Å²) in [5, 5.41) is 24.4. The normalized spacial score (nSPS) is 11.8. The first-order chi connectivity index (χ1) is 9.47. The molecule has 0 aromatic heterocycles. The fourth-order valence-electron chi connectivity index (χ4n) is 1.40. The van der Waals surface area contributed by atoms with Crippen molar-refractivity contribution in [1.29, 1.82) is 0 Å². The lowest BCUT2D eigenvalue weighted by atomic mass is 10.2. The van der Waals surface area contributed by atoms with E-state index < -0.39 is 9.85 Å². The van der Waals surface area contributed by atoms with Crippen molar-refractivity contribution in [2.24, 2.45) is 0 Å². The highest BCUT2D eigenvalue weighted by molar-refractivity contribution is 5.65. The molecule has 1 rings (SSSR count). The Kier molecular flexibility index (Phi) is 5.16. The summed E-state index contributed by atoms with van der Waals surface area (Å²) in [5.41, 5.74) is 0.0287. The van der Waals surface area contributed by atoms with E-state index >= 15 is 0 Å². The number of para-hydroxylation sites is 2. The molecule has 1 aromatic rings. The Morgan fingerprint density at radius 2 is 1.95 bits per heavy atom. The van der Waals surface area contributed by atoms with Gasteiger partial charge in [0.1, 0.15) is 11.4 Å². The van der Waals surface area contributed by atoms with E-state index in [1.54, 1.807) is 6.07 Å². The van der Waals surface area contributed by atoms with E-state index in [4.69, 9.17) is 0 Å². The van der Waals surface area contributed by atoms with Crippen LogP contribution in [-0.2, 0) is 0 Å². The second-order valence-corrected chi connectivity index (χ2v) is 3.75. The Hall–Kier alpha value is -2.96. The van der Waals surface area contributed by atoms with E-state index in [1.165, 1.54) is 43.4 Å². The topological polar surface area (TPSA) is 98.3 Å². The SMILES string of the molecule is C=C/C=C\C(Nc1ccccc1[N+](=O)[O-])=C(/C)[N+](=O)[O-]. The second-order valence-electron chi connectivity index (χ2n) is 3.75. The van der Waals surface area contributed by atoms with Crippen LogP contribution in [0, 0.1) is 20.2 Å². The van der Waals surface area contributed by atoms with E-state index in [2.05, 4.69) is 11.9 Å². The lowest BCUT2D eigenvalue weighted by Gasteiger charge is -2.07. The molecule has 0 radical (unpaired) electrons. The Balaban J connectivity index is 3.24. The second kappa shape index (κ2) is 6.83. The summed E-state index contributed by atoms with van der Waals surface area (Å²) in [6, 6.07) is 5.92. The molecule has 0 aliphatic carbocycles. The summed E-state index contributed by atoms with van der Waals surface area (Å²) < 4.78 is 0. The number of nitrogens with one attached hydrogen (secondary N) is 1. The molecule has 1 N–H and O–H groups in total. The Labute approximate surface area is 115 Å². The molecule has 0 bridgehead atoms. The smallest absolute Gasteiger partial charge is 0.292 e. The zero-order valence-corrected chi connectivity index (χ0v) is 10.8. The molecular formula is C13H13N3O4.